The Kier molecular flexibility index (Phi) is 4.13. The number of ether oxygens (including phenoxy) is 1. The number of hydrogen-bond donors (Lipinski definition) is 1. The van der Waals surface area contributed by atoms with Crippen LogP contribution in [0.25, 0.3) is 0 Å². The number of nitriles is 1. The number of anilines is 1. The summed E-state index contributed by atoms with van der Waals surface area (Å²) < 4.78 is 11.2. The molecular weight excluding hydrogens is 306 g/mol. The summed E-state index contributed by atoms with van der Waals surface area (Å²) in [5.41, 5.74) is 2.84. The highest BCUT2D eigenvalue weighted by atomic mass is 16.5. The predicted octanol–water partition coefficient (Wildman–Crippen LogP) is 2.33. The molecule has 7 heteroatoms. The largest absolute Gasteiger partial charge is 0.423 e. The lowest BCUT2D eigenvalue weighted by molar-refractivity contribution is 0.0722. The number of rotatable bonds is 4. The SMILES string of the molecule is N#Cc1cc2c(nc1NCc1nnc(C3CCCOC3)o1)CCC2. The van der Waals surface area contributed by atoms with Gasteiger partial charge in [0.1, 0.15) is 11.9 Å². The van der Waals surface area contributed by atoms with E-state index in [-0.39, 0.29) is 5.92 Å². The average Bonchev–Trinajstić information content (AvgIpc) is 3.28. The Hall–Kier alpha value is -2.46. The van der Waals surface area contributed by atoms with Crippen LogP contribution < -0.4 is 5.32 Å². The lowest BCUT2D eigenvalue weighted by atomic mass is 10.0. The molecule has 0 radical (unpaired) electrons. The van der Waals surface area contributed by atoms with Gasteiger partial charge in [-0.25, -0.2) is 4.98 Å². The first-order chi connectivity index (χ1) is 11.8. The van der Waals surface area contributed by atoms with Crippen LogP contribution in [0.1, 0.15) is 53.8 Å². The van der Waals surface area contributed by atoms with Gasteiger partial charge >= 0.3 is 0 Å². The second-order valence-corrected chi connectivity index (χ2v) is 6.26. The quantitative estimate of drug-likeness (QED) is 0.921. The molecule has 124 valence electrons. The monoisotopic (exact) mass is 325 g/mol. The van der Waals surface area contributed by atoms with Crippen molar-refractivity contribution in [3.05, 3.63) is 34.7 Å². The first kappa shape index (κ1) is 15.1. The van der Waals surface area contributed by atoms with E-state index in [1.54, 1.807) is 0 Å². The van der Waals surface area contributed by atoms with Crippen LogP contribution in [0, 0.1) is 11.3 Å². The van der Waals surface area contributed by atoms with E-state index >= 15 is 0 Å². The molecular formula is C17H19N5O2. The average molecular weight is 325 g/mol. The normalized spacial score (nSPS) is 19.7. The van der Waals surface area contributed by atoms with Gasteiger partial charge in [-0.1, -0.05) is 0 Å². The van der Waals surface area contributed by atoms with Gasteiger partial charge in [0, 0.05) is 12.3 Å². The predicted molar refractivity (Wildman–Crippen MR) is 85.4 cm³/mol. The van der Waals surface area contributed by atoms with E-state index in [2.05, 4.69) is 26.6 Å². The van der Waals surface area contributed by atoms with Crippen LogP contribution in [0.2, 0.25) is 0 Å². The molecule has 1 atom stereocenters. The van der Waals surface area contributed by atoms with Crippen LogP contribution in [0.5, 0.6) is 0 Å². The van der Waals surface area contributed by atoms with Crippen LogP contribution in [0.15, 0.2) is 10.5 Å². The van der Waals surface area contributed by atoms with E-state index in [9.17, 15) is 5.26 Å². The van der Waals surface area contributed by atoms with Crippen molar-refractivity contribution >= 4 is 5.82 Å². The molecule has 2 aromatic heterocycles. The summed E-state index contributed by atoms with van der Waals surface area (Å²) in [4.78, 5) is 4.59. The third-order valence-electron chi connectivity index (χ3n) is 4.57. The Morgan fingerprint density at radius 3 is 3.08 bits per heavy atom. The maximum absolute atomic E-state index is 9.33. The van der Waals surface area contributed by atoms with Crippen LogP contribution in [-0.4, -0.2) is 28.4 Å². The molecule has 24 heavy (non-hydrogen) atoms. The number of hydrogen-bond acceptors (Lipinski definition) is 7. The lowest BCUT2D eigenvalue weighted by Gasteiger charge is -2.18. The Bertz CT molecular complexity index is 774. The summed E-state index contributed by atoms with van der Waals surface area (Å²) in [6, 6.07) is 4.15. The fourth-order valence-corrected chi connectivity index (χ4v) is 3.29. The first-order valence-corrected chi connectivity index (χ1v) is 8.40. The third kappa shape index (κ3) is 2.97. The van der Waals surface area contributed by atoms with E-state index in [0.29, 0.717) is 36.3 Å². The van der Waals surface area contributed by atoms with E-state index in [4.69, 9.17) is 9.15 Å². The topological polar surface area (TPSA) is 96.9 Å². The molecule has 3 heterocycles. The molecule has 2 aromatic rings. The summed E-state index contributed by atoms with van der Waals surface area (Å²) >= 11 is 0. The standard InChI is InChI=1S/C17H19N5O2/c18-8-13-7-11-3-1-5-14(11)20-16(13)19-9-15-21-22-17(24-15)12-4-2-6-23-10-12/h7,12H,1-6,9-10H2,(H,19,20). The number of aromatic nitrogens is 3. The molecule has 0 spiro atoms. The molecule has 0 amide bonds. The molecule has 1 fully saturated rings. The number of aryl methyl sites for hydroxylation is 2. The number of nitrogens with zero attached hydrogens (tertiary/aromatic N) is 4. The molecule has 7 nitrogen and oxygen atoms in total. The minimum atomic E-state index is 0.188. The molecule has 1 aliphatic heterocycles. The smallest absolute Gasteiger partial charge is 0.235 e. The maximum Gasteiger partial charge on any atom is 0.235 e. The van der Waals surface area contributed by atoms with Crippen LogP contribution in [0.3, 0.4) is 0 Å². The van der Waals surface area contributed by atoms with Gasteiger partial charge in [0.25, 0.3) is 0 Å². The Labute approximate surface area is 140 Å². The van der Waals surface area contributed by atoms with Gasteiger partial charge in [-0.2, -0.15) is 5.26 Å². The fraction of sp³-hybridized carbons (Fsp3) is 0.529. The van der Waals surface area contributed by atoms with Crippen molar-refractivity contribution in [3.63, 3.8) is 0 Å². The lowest BCUT2D eigenvalue weighted by Crippen LogP contribution is -2.15. The van der Waals surface area contributed by atoms with Gasteiger partial charge in [0.05, 0.1) is 24.6 Å². The van der Waals surface area contributed by atoms with E-state index in [1.165, 1.54) is 5.56 Å². The summed E-state index contributed by atoms with van der Waals surface area (Å²) in [5, 5.41) is 20.7. The van der Waals surface area contributed by atoms with Crippen molar-refractivity contribution in [2.24, 2.45) is 0 Å². The molecule has 1 saturated heterocycles. The van der Waals surface area contributed by atoms with Gasteiger partial charge < -0.3 is 14.5 Å². The minimum absolute atomic E-state index is 0.188. The highest BCUT2D eigenvalue weighted by molar-refractivity contribution is 5.55. The van der Waals surface area contributed by atoms with Gasteiger partial charge in [0.2, 0.25) is 11.8 Å². The molecule has 0 aromatic carbocycles. The van der Waals surface area contributed by atoms with Crippen LogP contribution in [-0.2, 0) is 24.1 Å². The summed E-state index contributed by atoms with van der Waals surface area (Å²) in [7, 11) is 0. The molecule has 0 bridgehead atoms. The fourth-order valence-electron chi connectivity index (χ4n) is 3.29. The molecule has 4 rings (SSSR count). The molecule has 0 saturated carbocycles. The summed E-state index contributed by atoms with van der Waals surface area (Å²) in [6.45, 7) is 1.81. The summed E-state index contributed by atoms with van der Waals surface area (Å²) in [5.74, 6) is 1.92. The highest BCUT2D eigenvalue weighted by Gasteiger charge is 2.22. The van der Waals surface area contributed by atoms with Gasteiger partial charge in [-0.05, 0) is 43.7 Å². The zero-order chi connectivity index (χ0) is 16.4. The second kappa shape index (κ2) is 6.57. The van der Waals surface area contributed by atoms with Crippen molar-refractivity contribution < 1.29 is 9.15 Å². The van der Waals surface area contributed by atoms with Crippen LogP contribution in [0.4, 0.5) is 5.82 Å². The Morgan fingerprint density at radius 1 is 1.29 bits per heavy atom. The van der Waals surface area contributed by atoms with Gasteiger partial charge in [-0.3, -0.25) is 0 Å². The van der Waals surface area contributed by atoms with E-state index in [1.807, 2.05) is 6.07 Å². The van der Waals surface area contributed by atoms with Crippen molar-refractivity contribution in [1.82, 2.24) is 15.2 Å². The zero-order valence-corrected chi connectivity index (χ0v) is 13.4. The van der Waals surface area contributed by atoms with Crippen molar-refractivity contribution in [2.45, 2.75) is 44.6 Å². The molecule has 1 N–H and O–H groups in total. The first-order valence-electron chi connectivity index (χ1n) is 8.40. The molecule has 1 aliphatic carbocycles. The van der Waals surface area contributed by atoms with Crippen molar-refractivity contribution in [2.75, 3.05) is 18.5 Å². The van der Waals surface area contributed by atoms with Gasteiger partial charge in [0.15, 0.2) is 0 Å². The van der Waals surface area contributed by atoms with E-state index in [0.717, 1.165) is 44.4 Å². The number of fused-ring (bicyclic) bond motifs is 1. The molecule has 2 aliphatic rings. The minimum Gasteiger partial charge on any atom is -0.423 e. The van der Waals surface area contributed by atoms with Gasteiger partial charge in [-0.15, -0.1) is 10.2 Å². The Morgan fingerprint density at radius 2 is 2.25 bits per heavy atom. The van der Waals surface area contributed by atoms with Crippen molar-refractivity contribution in [3.8, 4) is 6.07 Å². The number of pyridine rings is 1. The maximum atomic E-state index is 9.33. The van der Waals surface area contributed by atoms with Crippen molar-refractivity contribution in [1.29, 1.82) is 5.26 Å². The number of nitrogens with one attached hydrogen (secondary N) is 1. The molecule has 1 unspecified atom stereocenters. The zero-order valence-electron chi connectivity index (χ0n) is 13.4. The second-order valence-electron chi connectivity index (χ2n) is 6.26. The highest BCUT2D eigenvalue weighted by Crippen LogP contribution is 2.26. The summed E-state index contributed by atoms with van der Waals surface area (Å²) in [6.07, 6.45) is 5.12. The van der Waals surface area contributed by atoms with E-state index < -0.39 is 0 Å². The van der Waals surface area contributed by atoms with Crippen LogP contribution >= 0.6 is 0 Å². The third-order valence-corrected chi connectivity index (χ3v) is 4.57. The Balaban J connectivity index is 1.45.